The zero-order chi connectivity index (χ0) is 31.4. The molecule has 0 radical (unpaired) electrons. The second-order valence-electron chi connectivity index (χ2n) is 12.9. The van der Waals surface area contributed by atoms with Gasteiger partial charge in [-0.3, -0.25) is 4.79 Å². The van der Waals surface area contributed by atoms with Crippen molar-refractivity contribution in [3.05, 3.63) is 78.4 Å². The van der Waals surface area contributed by atoms with Crippen molar-refractivity contribution in [1.29, 1.82) is 0 Å². The summed E-state index contributed by atoms with van der Waals surface area (Å²) in [7, 11) is 0. The third kappa shape index (κ3) is 10.6. The number of H-pyrrole nitrogens is 1. The Balaban J connectivity index is 1.42. The van der Waals surface area contributed by atoms with Gasteiger partial charge >= 0.3 is 6.03 Å². The summed E-state index contributed by atoms with van der Waals surface area (Å²) in [5.74, 6) is 1.15. The SMILES string of the molecule is CC(C)CCN(CC(C)(C)NC(=O)C(Cc1cnc[nH]1)NC(=O)N1CCCCCC1)c1ccc(OCc2ccccc2)cc1. The molecule has 44 heavy (non-hydrogen) atoms. The Morgan fingerprint density at radius 1 is 1.02 bits per heavy atom. The van der Waals surface area contributed by atoms with Crippen molar-refractivity contribution in [2.24, 2.45) is 5.92 Å². The number of likely N-dealkylation sites (tertiary alicyclic amines) is 1. The van der Waals surface area contributed by atoms with Crippen LogP contribution in [0.25, 0.3) is 0 Å². The lowest BCUT2D eigenvalue weighted by Gasteiger charge is -2.36. The number of aromatic nitrogens is 2. The van der Waals surface area contributed by atoms with E-state index in [9.17, 15) is 9.59 Å². The molecule has 1 aliphatic heterocycles. The topological polar surface area (TPSA) is 103 Å². The largest absolute Gasteiger partial charge is 0.489 e. The van der Waals surface area contributed by atoms with E-state index in [4.69, 9.17) is 4.74 Å². The first-order chi connectivity index (χ1) is 21.2. The average molecular weight is 603 g/mol. The van der Waals surface area contributed by atoms with Crippen molar-refractivity contribution < 1.29 is 14.3 Å². The van der Waals surface area contributed by atoms with Gasteiger partial charge in [-0.25, -0.2) is 9.78 Å². The maximum Gasteiger partial charge on any atom is 0.318 e. The monoisotopic (exact) mass is 602 g/mol. The van der Waals surface area contributed by atoms with Crippen molar-refractivity contribution in [2.75, 3.05) is 31.1 Å². The first-order valence-corrected chi connectivity index (χ1v) is 16.0. The van der Waals surface area contributed by atoms with Crippen LogP contribution in [0.2, 0.25) is 0 Å². The maximum absolute atomic E-state index is 13.8. The summed E-state index contributed by atoms with van der Waals surface area (Å²) >= 11 is 0. The van der Waals surface area contributed by atoms with E-state index in [0.717, 1.165) is 74.4 Å². The fourth-order valence-electron chi connectivity index (χ4n) is 5.48. The maximum atomic E-state index is 13.8. The van der Waals surface area contributed by atoms with Gasteiger partial charge in [0.1, 0.15) is 18.4 Å². The molecule has 4 rings (SSSR count). The Kier molecular flexibility index (Phi) is 12.1. The molecule has 3 amide bonds. The average Bonchev–Trinajstić information content (AvgIpc) is 3.37. The van der Waals surface area contributed by atoms with E-state index < -0.39 is 11.6 Å². The Hall–Kier alpha value is -4.01. The van der Waals surface area contributed by atoms with Crippen molar-refractivity contribution in [3.63, 3.8) is 0 Å². The van der Waals surface area contributed by atoms with E-state index in [1.807, 2.05) is 49.1 Å². The highest BCUT2D eigenvalue weighted by molar-refractivity contribution is 5.87. The molecule has 9 heteroatoms. The molecule has 1 fully saturated rings. The van der Waals surface area contributed by atoms with Crippen LogP contribution in [0.3, 0.4) is 0 Å². The number of hydrogen-bond donors (Lipinski definition) is 3. The second-order valence-corrected chi connectivity index (χ2v) is 12.9. The zero-order valence-corrected chi connectivity index (χ0v) is 26.9. The molecule has 0 bridgehead atoms. The van der Waals surface area contributed by atoms with Gasteiger partial charge in [-0.2, -0.15) is 0 Å². The summed E-state index contributed by atoms with van der Waals surface area (Å²) in [5.41, 5.74) is 2.42. The molecule has 3 N–H and O–H groups in total. The molecular formula is C35H50N6O3. The Bertz CT molecular complexity index is 1270. The number of urea groups is 1. The van der Waals surface area contributed by atoms with E-state index in [1.54, 1.807) is 12.5 Å². The molecular weight excluding hydrogens is 552 g/mol. The van der Waals surface area contributed by atoms with E-state index in [2.05, 4.69) is 63.6 Å². The fourth-order valence-corrected chi connectivity index (χ4v) is 5.48. The predicted octanol–water partition coefficient (Wildman–Crippen LogP) is 5.93. The third-order valence-electron chi connectivity index (χ3n) is 7.96. The van der Waals surface area contributed by atoms with Gasteiger partial charge in [-0.1, -0.05) is 57.0 Å². The number of carbonyl (C=O) groups is 2. The smallest absolute Gasteiger partial charge is 0.318 e. The minimum atomic E-state index is -0.726. The zero-order valence-electron chi connectivity index (χ0n) is 26.9. The number of imidazole rings is 1. The van der Waals surface area contributed by atoms with Crippen LogP contribution in [0.15, 0.2) is 67.1 Å². The van der Waals surface area contributed by atoms with E-state index in [0.29, 0.717) is 25.5 Å². The number of benzene rings is 2. The summed E-state index contributed by atoms with van der Waals surface area (Å²) in [6, 6.07) is 17.4. The van der Waals surface area contributed by atoms with Crippen LogP contribution in [0, 0.1) is 5.92 Å². The molecule has 0 aliphatic carbocycles. The fraction of sp³-hybridized carbons (Fsp3) is 0.514. The van der Waals surface area contributed by atoms with Gasteiger partial charge in [0.05, 0.1) is 11.9 Å². The molecule has 1 aliphatic rings. The van der Waals surface area contributed by atoms with E-state index >= 15 is 0 Å². The summed E-state index contributed by atoms with van der Waals surface area (Å²) in [6.07, 6.45) is 8.89. The number of aromatic amines is 1. The summed E-state index contributed by atoms with van der Waals surface area (Å²) in [6.45, 7) is 11.9. The first kappa shape index (κ1) is 32.9. The summed E-state index contributed by atoms with van der Waals surface area (Å²) in [4.78, 5) is 38.3. The van der Waals surface area contributed by atoms with E-state index in [1.165, 1.54) is 0 Å². The second kappa shape index (κ2) is 16.2. The Morgan fingerprint density at radius 2 is 1.73 bits per heavy atom. The number of rotatable bonds is 14. The number of amides is 3. The Morgan fingerprint density at radius 3 is 2.36 bits per heavy atom. The molecule has 238 valence electrons. The van der Waals surface area contributed by atoms with Gasteiger partial charge < -0.3 is 30.2 Å². The number of hydrogen-bond acceptors (Lipinski definition) is 5. The lowest BCUT2D eigenvalue weighted by molar-refractivity contribution is -0.124. The van der Waals surface area contributed by atoms with Gasteiger partial charge in [0, 0.05) is 50.2 Å². The Labute approximate surface area is 262 Å². The van der Waals surface area contributed by atoms with Crippen LogP contribution < -0.4 is 20.3 Å². The number of nitrogens with zero attached hydrogens (tertiary/aromatic N) is 3. The van der Waals surface area contributed by atoms with Crippen molar-refractivity contribution in [1.82, 2.24) is 25.5 Å². The van der Waals surface area contributed by atoms with Gasteiger partial charge in [-0.05, 0) is 68.9 Å². The van der Waals surface area contributed by atoms with Crippen LogP contribution in [0.1, 0.15) is 71.1 Å². The molecule has 0 saturated carbocycles. The molecule has 1 aromatic heterocycles. The molecule has 2 heterocycles. The predicted molar refractivity (Wildman–Crippen MR) is 176 cm³/mol. The van der Waals surface area contributed by atoms with Crippen molar-refractivity contribution in [2.45, 2.75) is 84.4 Å². The number of nitrogens with one attached hydrogen (secondary N) is 3. The highest BCUT2D eigenvalue weighted by Gasteiger charge is 2.31. The van der Waals surface area contributed by atoms with Crippen molar-refractivity contribution in [3.8, 4) is 5.75 Å². The van der Waals surface area contributed by atoms with Crippen LogP contribution in [0.4, 0.5) is 10.5 Å². The highest BCUT2D eigenvalue weighted by Crippen LogP contribution is 2.23. The normalized spacial score (nSPS) is 14.5. The molecule has 1 atom stereocenters. The molecule has 0 spiro atoms. The summed E-state index contributed by atoms with van der Waals surface area (Å²) < 4.78 is 6.01. The number of ether oxygens (including phenoxy) is 1. The highest BCUT2D eigenvalue weighted by atomic mass is 16.5. The quantitative estimate of drug-likeness (QED) is 0.212. The van der Waals surface area contributed by atoms with Gasteiger partial charge in [0.15, 0.2) is 0 Å². The minimum Gasteiger partial charge on any atom is -0.489 e. The van der Waals surface area contributed by atoms with Gasteiger partial charge in [0.25, 0.3) is 0 Å². The number of anilines is 1. The van der Waals surface area contributed by atoms with Crippen LogP contribution in [-0.4, -0.2) is 64.6 Å². The van der Waals surface area contributed by atoms with Crippen LogP contribution in [-0.2, 0) is 17.8 Å². The first-order valence-electron chi connectivity index (χ1n) is 16.0. The summed E-state index contributed by atoms with van der Waals surface area (Å²) in [5, 5.41) is 6.28. The van der Waals surface area contributed by atoms with Gasteiger partial charge in [0.2, 0.25) is 5.91 Å². The lowest BCUT2D eigenvalue weighted by atomic mass is 10.0. The molecule has 1 saturated heterocycles. The molecule has 9 nitrogen and oxygen atoms in total. The van der Waals surface area contributed by atoms with Crippen LogP contribution in [0.5, 0.6) is 5.75 Å². The lowest BCUT2D eigenvalue weighted by Crippen LogP contribution is -2.59. The molecule has 2 aromatic carbocycles. The third-order valence-corrected chi connectivity index (χ3v) is 7.96. The minimum absolute atomic E-state index is 0.183. The standard InChI is InChI=1S/C35H50N6O3/c1-27(2)18-21-41(30-14-16-31(17-15-30)44-24-28-12-8-7-9-13-28)25-35(3,4)39-33(42)32(22-29-23-36-26-37-29)38-34(43)40-19-10-5-6-11-20-40/h7-9,12-17,23,26-27,32H,5-6,10-11,18-22,24-25H2,1-4H3,(H,36,37)(H,38,43)(H,39,42). The number of carbonyl (C=O) groups excluding carboxylic acids is 2. The van der Waals surface area contributed by atoms with Crippen molar-refractivity contribution >= 4 is 17.6 Å². The molecule has 3 aromatic rings. The van der Waals surface area contributed by atoms with E-state index in [-0.39, 0.29) is 11.9 Å². The van der Waals surface area contributed by atoms with Crippen LogP contribution >= 0.6 is 0 Å². The van der Waals surface area contributed by atoms with Gasteiger partial charge in [-0.15, -0.1) is 0 Å². The molecule has 1 unspecified atom stereocenters.